The van der Waals surface area contributed by atoms with Crippen LogP contribution in [0.5, 0.6) is 0 Å². The summed E-state index contributed by atoms with van der Waals surface area (Å²) in [5, 5.41) is 6.52. The van der Waals surface area contributed by atoms with Crippen molar-refractivity contribution in [3.63, 3.8) is 0 Å². The number of nitrogens with one attached hydrogen (secondary N) is 2. The zero-order valence-electron chi connectivity index (χ0n) is 11.7. The molecule has 106 valence electrons. The molecule has 0 saturated carbocycles. The van der Waals surface area contributed by atoms with Gasteiger partial charge in [-0.05, 0) is 33.0 Å². The number of rotatable bonds is 7. The Bertz CT molecular complexity index is 425. The Morgan fingerprint density at radius 2 is 2.11 bits per heavy atom. The van der Waals surface area contributed by atoms with E-state index in [1.54, 1.807) is 0 Å². The highest BCUT2D eigenvalue weighted by atomic mass is 35.5. The first-order valence-corrected chi connectivity index (χ1v) is 6.79. The fourth-order valence-electron chi connectivity index (χ4n) is 1.68. The monoisotopic (exact) mass is 284 g/mol. The Morgan fingerprint density at radius 3 is 2.74 bits per heavy atom. The highest BCUT2D eigenvalue weighted by molar-refractivity contribution is 6.31. The van der Waals surface area contributed by atoms with Crippen LogP contribution in [-0.4, -0.2) is 42.5 Å². The van der Waals surface area contributed by atoms with Gasteiger partial charge in [-0.3, -0.25) is 9.69 Å². The van der Waals surface area contributed by atoms with Crippen LogP contribution < -0.4 is 10.6 Å². The van der Waals surface area contributed by atoms with E-state index in [9.17, 15) is 4.79 Å². The molecule has 2 N–H and O–H groups in total. The van der Waals surface area contributed by atoms with E-state index in [1.165, 1.54) is 0 Å². The third-order valence-corrected chi connectivity index (χ3v) is 2.83. The van der Waals surface area contributed by atoms with Gasteiger partial charge < -0.3 is 10.6 Å². The van der Waals surface area contributed by atoms with E-state index in [1.807, 2.05) is 37.9 Å². The lowest BCUT2D eigenvalue weighted by molar-refractivity contribution is -0.121. The summed E-state index contributed by atoms with van der Waals surface area (Å²) >= 11 is 6.12. The molecule has 19 heavy (non-hydrogen) atoms. The first kappa shape index (κ1) is 15.7. The average molecular weight is 285 g/mol. The van der Waals surface area contributed by atoms with Crippen LogP contribution in [0.3, 0.4) is 0 Å². The number of hydrogen-bond acceptors (Lipinski definition) is 4. The van der Waals surface area contributed by atoms with Crippen molar-refractivity contribution in [1.29, 1.82) is 0 Å². The van der Waals surface area contributed by atoms with Gasteiger partial charge in [0, 0.05) is 19.6 Å². The second-order valence-corrected chi connectivity index (χ2v) is 4.69. The van der Waals surface area contributed by atoms with E-state index < -0.39 is 0 Å². The fourth-order valence-corrected chi connectivity index (χ4v) is 1.85. The first-order chi connectivity index (χ1) is 9.06. The minimum atomic E-state index is 0.00367. The molecular weight excluding hydrogens is 264 g/mol. The Labute approximate surface area is 119 Å². The van der Waals surface area contributed by atoms with Crippen molar-refractivity contribution in [3.8, 4) is 0 Å². The van der Waals surface area contributed by atoms with Gasteiger partial charge in [0.25, 0.3) is 0 Å². The van der Waals surface area contributed by atoms with Crippen LogP contribution in [0.4, 0.5) is 5.82 Å². The molecule has 5 nitrogen and oxygen atoms in total. The highest BCUT2D eigenvalue weighted by Crippen LogP contribution is 2.17. The molecule has 1 aromatic rings. The molecule has 0 bridgehead atoms. The zero-order chi connectivity index (χ0) is 14.3. The lowest BCUT2D eigenvalue weighted by atomic mass is 10.3. The Kier molecular flexibility index (Phi) is 6.59. The molecule has 1 rings (SSSR count). The number of halogens is 1. The van der Waals surface area contributed by atoms with Crippen LogP contribution in [-0.2, 0) is 11.3 Å². The van der Waals surface area contributed by atoms with Crippen LogP contribution in [0.15, 0.2) is 12.1 Å². The minimum absolute atomic E-state index is 0.00367. The van der Waals surface area contributed by atoms with Crippen LogP contribution >= 0.6 is 11.6 Å². The van der Waals surface area contributed by atoms with Crippen LogP contribution in [0.1, 0.15) is 19.5 Å². The summed E-state index contributed by atoms with van der Waals surface area (Å²) < 4.78 is 0. The van der Waals surface area contributed by atoms with Gasteiger partial charge in [0.15, 0.2) is 0 Å². The maximum atomic E-state index is 11.5. The summed E-state index contributed by atoms with van der Waals surface area (Å²) in [6, 6.07) is 3.67. The topological polar surface area (TPSA) is 57.3 Å². The molecule has 1 aromatic heterocycles. The lowest BCUT2D eigenvalue weighted by Crippen LogP contribution is -2.34. The summed E-state index contributed by atoms with van der Waals surface area (Å²) in [6.45, 7) is 6.23. The molecule has 0 aliphatic carbocycles. The molecule has 6 heteroatoms. The number of likely N-dealkylation sites (N-methyl/N-ethyl adjacent to an activating group) is 2. The fraction of sp³-hybridized carbons (Fsp3) is 0.538. The van der Waals surface area contributed by atoms with Crippen LogP contribution in [0.25, 0.3) is 0 Å². The van der Waals surface area contributed by atoms with E-state index in [0.29, 0.717) is 24.7 Å². The number of carbonyl (C=O) groups is 1. The molecule has 0 saturated heterocycles. The maximum absolute atomic E-state index is 11.5. The van der Waals surface area contributed by atoms with Crippen molar-refractivity contribution in [2.75, 3.05) is 32.0 Å². The quantitative estimate of drug-likeness (QED) is 0.801. The summed E-state index contributed by atoms with van der Waals surface area (Å²) in [5.41, 5.74) is 0.770. The smallest absolute Gasteiger partial charge is 0.234 e. The number of hydrogen-bond donors (Lipinski definition) is 2. The summed E-state index contributed by atoms with van der Waals surface area (Å²) in [4.78, 5) is 17.8. The molecule has 0 radical (unpaired) electrons. The normalized spacial score (nSPS) is 10.6. The first-order valence-electron chi connectivity index (χ1n) is 6.41. The lowest BCUT2D eigenvalue weighted by Gasteiger charge is -2.17. The SMILES string of the molecule is CCNC(=O)CN(C)Cc1nc(NCC)ccc1Cl. The van der Waals surface area contributed by atoms with Crippen LogP contribution in [0, 0.1) is 0 Å². The van der Waals surface area contributed by atoms with E-state index in [0.717, 1.165) is 18.1 Å². The van der Waals surface area contributed by atoms with Crippen molar-refractivity contribution in [2.24, 2.45) is 0 Å². The van der Waals surface area contributed by atoms with Gasteiger partial charge in [0.05, 0.1) is 17.3 Å². The molecule has 0 atom stereocenters. The minimum Gasteiger partial charge on any atom is -0.370 e. The van der Waals surface area contributed by atoms with E-state index in [2.05, 4.69) is 15.6 Å². The van der Waals surface area contributed by atoms with Crippen molar-refractivity contribution in [3.05, 3.63) is 22.8 Å². The van der Waals surface area contributed by atoms with Gasteiger partial charge in [-0.25, -0.2) is 4.98 Å². The van der Waals surface area contributed by atoms with Gasteiger partial charge in [-0.1, -0.05) is 11.6 Å². The molecule has 0 fully saturated rings. The predicted octanol–water partition coefficient (Wildman–Crippen LogP) is 1.73. The number of pyridine rings is 1. The number of nitrogens with zero attached hydrogens (tertiary/aromatic N) is 2. The summed E-state index contributed by atoms with van der Waals surface area (Å²) in [5.74, 6) is 0.803. The Balaban J connectivity index is 2.64. The number of aromatic nitrogens is 1. The van der Waals surface area contributed by atoms with Crippen molar-refractivity contribution in [1.82, 2.24) is 15.2 Å². The Hall–Kier alpha value is -1.33. The number of anilines is 1. The maximum Gasteiger partial charge on any atom is 0.234 e. The second kappa shape index (κ2) is 7.96. The van der Waals surface area contributed by atoms with Crippen molar-refractivity contribution in [2.45, 2.75) is 20.4 Å². The molecule has 1 amide bonds. The average Bonchev–Trinajstić information content (AvgIpc) is 2.34. The molecule has 0 spiro atoms. The number of amides is 1. The van der Waals surface area contributed by atoms with Gasteiger partial charge in [0.2, 0.25) is 5.91 Å². The highest BCUT2D eigenvalue weighted by Gasteiger charge is 2.10. The third-order valence-electron chi connectivity index (χ3n) is 2.48. The van der Waals surface area contributed by atoms with E-state index in [4.69, 9.17) is 11.6 Å². The van der Waals surface area contributed by atoms with E-state index in [-0.39, 0.29) is 5.91 Å². The molecule has 0 aliphatic rings. The molecule has 0 aliphatic heterocycles. The largest absolute Gasteiger partial charge is 0.370 e. The molecular formula is C13H21ClN4O. The number of carbonyl (C=O) groups excluding carboxylic acids is 1. The van der Waals surface area contributed by atoms with Gasteiger partial charge in [-0.2, -0.15) is 0 Å². The molecule has 0 aromatic carbocycles. The van der Waals surface area contributed by atoms with Crippen molar-refractivity contribution >= 4 is 23.3 Å². The molecule has 0 unspecified atom stereocenters. The standard InChI is InChI=1S/C13H21ClN4O/c1-4-15-12-7-6-10(14)11(17-12)8-18(3)9-13(19)16-5-2/h6-7H,4-5,8-9H2,1-3H3,(H,15,17)(H,16,19). The zero-order valence-corrected chi connectivity index (χ0v) is 12.4. The predicted molar refractivity (Wildman–Crippen MR) is 78.4 cm³/mol. The van der Waals surface area contributed by atoms with E-state index >= 15 is 0 Å². The van der Waals surface area contributed by atoms with Gasteiger partial charge >= 0.3 is 0 Å². The van der Waals surface area contributed by atoms with Crippen LogP contribution in [0.2, 0.25) is 5.02 Å². The second-order valence-electron chi connectivity index (χ2n) is 4.28. The summed E-state index contributed by atoms with van der Waals surface area (Å²) in [7, 11) is 1.87. The third kappa shape index (κ3) is 5.44. The summed E-state index contributed by atoms with van der Waals surface area (Å²) in [6.07, 6.45) is 0. The van der Waals surface area contributed by atoms with Gasteiger partial charge in [0.1, 0.15) is 5.82 Å². The van der Waals surface area contributed by atoms with Gasteiger partial charge in [-0.15, -0.1) is 0 Å². The van der Waals surface area contributed by atoms with Crippen molar-refractivity contribution < 1.29 is 4.79 Å². The molecule has 1 heterocycles. The Morgan fingerprint density at radius 1 is 1.37 bits per heavy atom.